The molecule has 1 unspecified atom stereocenters. The minimum atomic E-state index is -0.880. The molecule has 2 N–H and O–H groups in total. The topological polar surface area (TPSA) is 91.5 Å². The van der Waals surface area contributed by atoms with Crippen LogP contribution in [0.15, 0.2) is 53.6 Å². The van der Waals surface area contributed by atoms with Gasteiger partial charge in [0.1, 0.15) is 5.75 Å². The molecule has 1 heterocycles. The van der Waals surface area contributed by atoms with E-state index in [0.717, 1.165) is 17.7 Å². The highest BCUT2D eigenvalue weighted by Gasteiger charge is 2.44. The monoisotopic (exact) mass is 418 g/mol. The maximum absolute atomic E-state index is 12.3. The van der Waals surface area contributed by atoms with Crippen LogP contribution in [0.5, 0.6) is 11.6 Å². The first kappa shape index (κ1) is 21.0. The number of nitrogens with two attached hydrogens (primary N) is 1. The molecule has 6 nitrogen and oxygen atoms in total. The van der Waals surface area contributed by atoms with Crippen molar-refractivity contribution in [2.45, 2.75) is 46.1 Å². The van der Waals surface area contributed by atoms with Crippen molar-refractivity contribution in [2.75, 3.05) is 0 Å². The Labute approximate surface area is 181 Å². The summed E-state index contributed by atoms with van der Waals surface area (Å²) in [4.78, 5) is 28.4. The van der Waals surface area contributed by atoms with Crippen LogP contribution in [-0.4, -0.2) is 16.9 Å². The number of Topliss-reactive ketones (excluding diaryl/α,β-unsaturated/α-hetero) is 1. The number of rotatable bonds is 3. The van der Waals surface area contributed by atoms with Gasteiger partial charge in [-0.15, -0.1) is 0 Å². The van der Waals surface area contributed by atoms with Crippen LogP contribution in [0.3, 0.4) is 0 Å². The summed E-state index contributed by atoms with van der Waals surface area (Å²) in [7, 11) is 0. The average Bonchev–Trinajstić information content (AvgIpc) is 2.68. The van der Waals surface area contributed by atoms with Crippen LogP contribution in [0.25, 0.3) is 0 Å². The van der Waals surface area contributed by atoms with E-state index in [1.807, 2.05) is 13.0 Å². The van der Waals surface area contributed by atoms with Crippen LogP contribution < -0.4 is 15.2 Å². The fraction of sp³-hybridized carbons (Fsp3) is 0.320. The molecule has 0 saturated carbocycles. The highest BCUT2D eigenvalue weighted by molar-refractivity contribution is 5.94. The number of carbonyl (C=O) groups excluding carboxylic acids is 2. The molecule has 0 radical (unpaired) electrons. The molecule has 0 fully saturated rings. The first-order valence-electron chi connectivity index (χ1n) is 10.4. The fourth-order valence-electron chi connectivity index (χ4n) is 4.74. The van der Waals surface area contributed by atoms with E-state index in [4.69, 9.17) is 15.2 Å². The highest BCUT2D eigenvalue weighted by Crippen LogP contribution is 2.48. The van der Waals surface area contributed by atoms with Gasteiger partial charge in [-0.25, -0.2) is 9.78 Å². The van der Waals surface area contributed by atoms with Crippen molar-refractivity contribution >= 4 is 11.9 Å². The molecule has 2 aliphatic carbocycles. The standard InChI is InChI=1S/C25H26N2O4/c1-5-19-18-10-14(2)13-25(19,26)20-7-9-23(27-21(20)12-18)31-24(29)30-22-8-6-17(16(4)28)11-15(22)3/h5-11,18H,12-13,26H2,1-4H3/b19-5+/t18-,25?/m1/s1. The van der Waals surface area contributed by atoms with E-state index in [1.165, 1.54) is 18.1 Å². The summed E-state index contributed by atoms with van der Waals surface area (Å²) in [6.07, 6.45) is 4.94. The Balaban J connectivity index is 1.54. The molecule has 2 aromatic rings. The Morgan fingerprint density at radius 2 is 1.97 bits per heavy atom. The molecule has 4 rings (SSSR count). The number of benzene rings is 1. The Morgan fingerprint density at radius 3 is 2.65 bits per heavy atom. The van der Waals surface area contributed by atoms with E-state index >= 15 is 0 Å². The summed E-state index contributed by atoms with van der Waals surface area (Å²) in [6.45, 7) is 7.38. The van der Waals surface area contributed by atoms with Crippen molar-refractivity contribution in [3.05, 3.63) is 76.0 Å². The molecule has 0 saturated heterocycles. The van der Waals surface area contributed by atoms with Crippen LogP contribution in [0.4, 0.5) is 4.79 Å². The predicted octanol–water partition coefficient (Wildman–Crippen LogP) is 4.79. The number of hydrogen-bond donors (Lipinski definition) is 1. The SMILES string of the molecule is C/C=C1\[C@@H]2C=C(C)CC1(N)c1ccc(OC(=O)Oc3ccc(C(C)=O)cc3C)nc1C2. The van der Waals surface area contributed by atoms with Gasteiger partial charge in [-0.3, -0.25) is 4.79 Å². The van der Waals surface area contributed by atoms with Gasteiger partial charge in [-0.2, -0.15) is 0 Å². The summed E-state index contributed by atoms with van der Waals surface area (Å²) in [5, 5.41) is 0. The van der Waals surface area contributed by atoms with E-state index in [2.05, 4.69) is 24.1 Å². The third-order valence-electron chi connectivity index (χ3n) is 6.07. The molecule has 1 aromatic heterocycles. The molecule has 6 heteroatoms. The predicted molar refractivity (Wildman–Crippen MR) is 117 cm³/mol. The van der Waals surface area contributed by atoms with Crippen molar-refractivity contribution in [1.82, 2.24) is 4.98 Å². The van der Waals surface area contributed by atoms with Gasteiger partial charge >= 0.3 is 6.16 Å². The third kappa shape index (κ3) is 3.79. The van der Waals surface area contributed by atoms with Crippen molar-refractivity contribution in [3.63, 3.8) is 0 Å². The molecule has 2 bridgehead atoms. The largest absolute Gasteiger partial charge is 0.520 e. The maximum atomic E-state index is 12.3. The Bertz CT molecular complexity index is 1150. The number of nitrogens with zero attached hydrogens (tertiary/aromatic N) is 1. The lowest BCUT2D eigenvalue weighted by Crippen LogP contribution is -2.47. The lowest BCUT2D eigenvalue weighted by atomic mass is 9.63. The lowest BCUT2D eigenvalue weighted by Gasteiger charge is -2.45. The Kier molecular flexibility index (Phi) is 5.27. The summed E-state index contributed by atoms with van der Waals surface area (Å²) in [5.74, 6) is 0.659. The van der Waals surface area contributed by atoms with E-state index in [9.17, 15) is 9.59 Å². The highest BCUT2D eigenvalue weighted by atomic mass is 16.7. The Hall–Kier alpha value is -3.25. The zero-order valence-electron chi connectivity index (χ0n) is 18.2. The molecular formula is C25H26N2O4. The average molecular weight is 418 g/mol. The fourth-order valence-corrected chi connectivity index (χ4v) is 4.74. The quantitative estimate of drug-likeness (QED) is 0.333. The van der Waals surface area contributed by atoms with Crippen molar-refractivity contribution in [2.24, 2.45) is 11.7 Å². The van der Waals surface area contributed by atoms with Gasteiger partial charge in [0, 0.05) is 24.0 Å². The van der Waals surface area contributed by atoms with E-state index < -0.39 is 11.7 Å². The molecule has 160 valence electrons. The van der Waals surface area contributed by atoms with Crippen LogP contribution in [0.2, 0.25) is 0 Å². The zero-order valence-corrected chi connectivity index (χ0v) is 18.2. The van der Waals surface area contributed by atoms with Gasteiger partial charge in [0.2, 0.25) is 5.88 Å². The first-order valence-corrected chi connectivity index (χ1v) is 10.4. The Morgan fingerprint density at radius 1 is 1.19 bits per heavy atom. The number of carbonyl (C=O) groups is 2. The third-order valence-corrected chi connectivity index (χ3v) is 6.07. The molecule has 31 heavy (non-hydrogen) atoms. The first-order chi connectivity index (χ1) is 14.7. The molecule has 0 spiro atoms. The minimum absolute atomic E-state index is 0.0518. The number of aryl methyl sites for hydroxylation is 1. The molecule has 2 atom stereocenters. The second kappa shape index (κ2) is 7.78. The van der Waals surface area contributed by atoms with Crippen LogP contribution in [0, 0.1) is 12.8 Å². The van der Waals surface area contributed by atoms with Gasteiger partial charge in [0.15, 0.2) is 5.78 Å². The van der Waals surface area contributed by atoms with Crippen molar-refractivity contribution in [1.29, 1.82) is 0 Å². The molecule has 0 amide bonds. The van der Waals surface area contributed by atoms with Gasteiger partial charge in [-0.05, 0) is 75.1 Å². The van der Waals surface area contributed by atoms with Crippen molar-refractivity contribution in [3.8, 4) is 11.6 Å². The van der Waals surface area contributed by atoms with E-state index in [-0.39, 0.29) is 17.6 Å². The van der Waals surface area contributed by atoms with Crippen LogP contribution in [0.1, 0.15) is 54.4 Å². The van der Waals surface area contributed by atoms with Gasteiger partial charge in [0.25, 0.3) is 0 Å². The second-order valence-corrected chi connectivity index (χ2v) is 8.35. The summed E-state index contributed by atoms with van der Waals surface area (Å²) >= 11 is 0. The summed E-state index contributed by atoms with van der Waals surface area (Å²) in [6, 6.07) is 8.43. The van der Waals surface area contributed by atoms with Crippen molar-refractivity contribution < 1.29 is 19.1 Å². The number of allylic oxidation sites excluding steroid dienone is 2. The number of ether oxygens (including phenoxy) is 2. The molecule has 0 aliphatic heterocycles. The van der Waals surface area contributed by atoms with E-state index in [0.29, 0.717) is 23.3 Å². The number of hydrogen-bond acceptors (Lipinski definition) is 6. The number of ketones is 1. The normalized spacial score (nSPS) is 23.1. The van der Waals surface area contributed by atoms with Crippen LogP contribution in [-0.2, 0) is 12.0 Å². The number of fused-ring (bicyclic) bond motifs is 4. The van der Waals surface area contributed by atoms with E-state index in [1.54, 1.807) is 31.2 Å². The molecular weight excluding hydrogens is 392 g/mol. The van der Waals surface area contributed by atoms with Gasteiger partial charge < -0.3 is 15.2 Å². The number of aromatic nitrogens is 1. The molecule has 2 aliphatic rings. The summed E-state index contributed by atoms with van der Waals surface area (Å²) in [5.41, 5.74) is 11.8. The molecule has 1 aromatic carbocycles. The lowest BCUT2D eigenvalue weighted by molar-refractivity contribution is 0.101. The van der Waals surface area contributed by atoms with Crippen LogP contribution >= 0.6 is 0 Å². The van der Waals surface area contributed by atoms with Gasteiger partial charge in [-0.1, -0.05) is 17.7 Å². The smallest absolute Gasteiger partial charge is 0.394 e. The maximum Gasteiger partial charge on any atom is 0.520 e. The minimum Gasteiger partial charge on any atom is -0.394 e. The second-order valence-electron chi connectivity index (χ2n) is 8.35. The summed E-state index contributed by atoms with van der Waals surface area (Å²) < 4.78 is 10.7. The zero-order chi connectivity index (χ0) is 22.3. The number of pyridine rings is 1. The van der Waals surface area contributed by atoms with Gasteiger partial charge in [0.05, 0.1) is 11.2 Å².